The van der Waals surface area contributed by atoms with E-state index in [1.807, 2.05) is 17.1 Å². The molecule has 156 valence electrons. The molecule has 4 heterocycles. The number of fused-ring (bicyclic) bond motifs is 1. The van der Waals surface area contributed by atoms with Crippen molar-refractivity contribution in [3.8, 4) is 0 Å². The Morgan fingerprint density at radius 2 is 2.10 bits per heavy atom. The molecule has 30 heavy (non-hydrogen) atoms. The minimum absolute atomic E-state index is 0.0142. The molecule has 3 aliphatic rings. The normalized spacial score (nSPS) is 28.9. The summed E-state index contributed by atoms with van der Waals surface area (Å²) in [6.07, 6.45) is 5.93. The second-order valence-electron chi connectivity index (χ2n) is 8.57. The lowest BCUT2D eigenvalue weighted by Crippen LogP contribution is -2.44. The van der Waals surface area contributed by atoms with Crippen LogP contribution in [0.2, 0.25) is 0 Å². The minimum Gasteiger partial charge on any atom is -0.360 e. The molecule has 2 saturated heterocycles. The zero-order valence-electron chi connectivity index (χ0n) is 17.2. The third-order valence-electron chi connectivity index (χ3n) is 6.52. The van der Waals surface area contributed by atoms with E-state index in [-0.39, 0.29) is 17.9 Å². The van der Waals surface area contributed by atoms with Crippen LogP contribution >= 0.6 is 0 Å². The fourth-order valence-electron chi connectivity index (χ4n) is 4.96. The van der Waals surface area contributed by atoms with Crippen molar-refractivity contribution in [2.75, 3.05) is 20.1 Å². The average Bonchev–Trinajstić information content (AvgIpc) is 3.50. The monoisotopic (exact) mass is 407 g/mol. The fraction of sp³-hybridized carbons (Fsp3) is 0.435. The van der Waals surface area contributed by atoms with Gasteiger partial charge in [0, 0.05) is 19.7 Å². The number of rotatable bonds is 6. The van der Waals surface area contributed by atoms with Crippen molar-refractivity contribution in [3.63, 3.8) is 0 Å². The third-order valence-corrected chi connectivity index (χ3v) is 6.52. The first-order chi connectivity index (χ1) is 14.5. The van der Waals surface area contributed by atoms with Gasteiger partial charge in [-0.1, -0.05) is 47.1 Å². The van der Waals surface area contributed by atoms with Crippen molar-refractivity contribution in [1.82, 2.24) is 15.0 Å². The molecule has 2 fully saturated rings. The molecule has 0 aliphatic carbocycles. The number of aromatic nitrogens is 1. The molecule has 2 bridgehead atoms. The van der Waals surface area contributed by atoms with Crippen LogP contribution in [0.5, 0.6) is 0 Å². The number of aryl methyl sites for hydroxylation is 1. The molecule has 0 unspecified atom stereocenters. The van der Waals surface area contributed by atoms with Gasteiger partial charge in [-0.05, 0) is 18.9 Å². The van der Waals surface area contributed by atoms with E-state index in [1.54, 1.807) is 24.2 Å². The van der Waals surface area contributed by atoms with Gasteiger partial charge >= 0.3 is 0 Å². The van der Waals surface area contributed by atoms with E-state index in [2.05, 4.69) is 36.3 Å². The molecular formula is C23H25N3O4. The number of likely N-dealkylation sites (tertiary alicyclic amines) is 1. The van der Waals surface area contributed by atoms with Crippen molar-refractivity contribution in [1.29, 1.82) is 0 Å². The molecule has 3 aliphatic heterocycles. The first kappa shape index (κ1) is 19.1. The molecule has 2 aromatic rings. The Bertz CT molecular complexity index is 984. The van der Waals surface area contributed by atoms with Gasteiger partial charge in [0.2, 0.25) is 11.8 Å². The zero-order chi connectivity index (χ0) is 20.9. The van der Waals surface area contributed by atoms with Crippen LogP contribution in [0, 0.1) is 18.8 Å². The van der Waals surface area contributed by atoms with Gasteiger partial charge in [0.1, 0.15) is 5.60 Å². The van der Waals surface area contributed by atoms with Crippen molar-refractivity contribution < 1.29 is 18.8 Å². The predicted octanol–water partition coefficient (Wildman–Crippen LogP) is 1.97. The van der Waals surface area contributed by atoms with Gasteiger partial charge in [0.25, 0.3) is 0 Å². The summed E-state index contributed by atoms with van der Waals surface area (Å²) in [5, 5.41) is 3.68. The lowest BCUT2D eigenvalue weighted by Gasteiger charge is -2.27. The van der Waals surface area contributed by atoms with Crippen molar-refractivity contribution >= 4 is 11.8 Å². The Morgan fingerprint density at radius 3 is 2.83 bits per heavy atom. The van der Waals surface area contributed by atoms with Gasteiger partial charge in [-0.3, -0.25) is 9.59 Å². The van der Waals surface area contributed by atoms with E-state index in [0.29, 0.717) is 25.4 Å². The molecule has 0 saturated carbocycles. The molecule has 7 nitrogen and oxygen atoms in total. The van der Waals surface area contributed by atoms with Gasteiger partial charge in [0.15, 0.2) is 5.76 Å². The molecule has 0 N–H and O–H groups in total. The molecule has 5 rings (SSSR count). The first-order valence-electron chi connectivity index (χ1n) is 10.3. The number of hydrogen-bond donors (Lipinski definition) is 0. The largest absolute Gasteiger partial charge is 0.360 e. The maximum Gasteiger partial charge on any atom is 0.230 e. The summed E-state index contributed by atoms with van der Waals surface area (Å²) in [6.45, 7) is 3.50. The maximum atomic E-state index is 13.3. The Labute approximate surface area is 175 Å². The highest BCUT2D eigenvalue weighted by atomic mass is 16.5. The zero-order valence-corrected chi connectivity index (χ0v) is 17.2. The first-order valence-corrected chi connectivity index (χ1v) is 10.3. The van der Waals surface area contributed by atoms with E-state index >= 15 is 0 Å². The van der Waals surface area contributed by atoms with Crippen molar-refractivity contribution in [2.45, 2.75) is 31.6 Å². The number of amides is 2. The van der Waals surface area contributed by atoms with Crippen LogP contribution < -0.4 is 0 Å². The van der Waals surface area contributed by atoms with Crippen LogP contribution in [-0.2, 0) is 27.3 Å². The van der Waals surface area contributed by atoms with Crippen LogP contribution in [0.4, 0.5) is 0 Å². The summed E-state index contributed by atoms with van der Waals surface area (Å²) >= 11 is 0. The lowest BCUT2D eigenvalue weighted by molar-refractivity contribution is -0.142. The fourth-order valence-corrected chi connectivity index (χ4v) is 4.96. The number of carbonyl (C=O) groups is 2. The molecule has 4 atom stereocenters. The molecule has 2 amide bonds. The molecule has 7 heteroatoms. The third kappa shape index (κ3) is 3.04. The van der Waals surface area contributed by atoms with E-state index < -0.39 is 17.4 Å². The molecule has 1 aromatic carbocycles. The predicted molar refractivity (Wildman–Crippen MR) is 108 cm³/mol. The number of benzene rings is 1. The van der Waals surface area contributed by atoms with Crippen LogP contribution in [0.15, 0.2) is 53.2 Å². The van der Waals surface area contributed by atoms with E-state index in [9.17, 15) is 9.59 Å². The topological polar surface area (TPSA) is 75.9 Å². The highest BCUT2D eigenvalue weighted by Gasteiger charge is 2.66. The molecule has 1 spiro atoms. The second-order valence-corrected chi connectivity index (χ2v) is 8.57. The smallest absolute Gasteiger partial charge is 0.230 e. The minimum atomic E-state index is -0.678. The Morgan fingerprint density at radius 1 is 1.30 bits per heavy atom. The lowest BCUT2D eigenvalue weighted by atomic mass is 9.76. The van der Waals surface area contributed by atoms with Crippen molar-refractivity contribution in [2.24, 2.45) is 11.8 Å². The van der Waals surface area contributed by atoms with Gasteiger partial charge in [-0.2, -0.15) is 0 Å². The summed E-state index contributed by atoms with van der Waals surface area (Å²) in [6, 6.07) is 10.1. The van der Waals surface area contributed by atoms with Crippen LogP contribution in [0.25, 0.3) is 0 Å². The Kier molecular flexibility index (Phi) is 4.50. The summed E-state index contributed by atoms with van der Waals surface area (Å²) in [5.41, 5.74) is 1.74. The summed E-state index contributed by atoms with van der Waals surface area (Å²) < 4.78 is 11.3. The molecule has 0 radical (unpaired) electrons. The summed E-state index contributed by atoms with van der Waals surface area (Å²) in [4.78, 5) is 30.0. The highest BCUT2D eigenvalue weighted by Crippen LogP contribution is 2.52. The molecular weight excluding hydrogens is 382 g/mol. The van der Waals surface area contributed by atoms with Gasteiger partial charge in [-0.15, -0.1) is 0 Å². The van der Waals surface area contributed by atoms with Crippen LogP contribution in [0.3, 0.4) is 0 Å². The van der Waals surface area contributed by atoms with Gasteiger partial charge < -0.3 is 19.1 Å². The quantitative estimate of drug-likeness (QED) is 0.685. The van der Waals surface area contributed by atoms with Gasteiger partial charge in [0.05, 0.1) is 37.2 Å². The number of carbonyl (C=O) groups excluding carboxylic acids is 2. The molecule has 1 aromatic heterocycles. The maximum absolute atomic E-state index is 13.3. The standard InChI is InChI=1S/C23H25N3O4/c1-15-3-5-16(6-4-15)9-12-26-14-23-10-7-18(29-23)19(20(23)22(26)28)21(27)25(2)13-17-8-11-24-30-17/h3-8,10-11,18-20H,9,12-14H2,1-2H3/t18-,19-,20+,23-/m0/s1. The second kappa shape index (κ2) is 7.09. The average molecular weight is 407 g/mol. The SMILES string of the molecule is Cc1ccc(CCN2C[C@]34C=C[C@H](O3)[C@H](C(=O)N(C)Cc3ccno3)[C@@H]4C2=O)cc1. The van der Waals surface area contributed by atoms with E-state index in [0.717, 1.165) is 6.42 Å². The van der Waals surface area contributed by atoms with Crippen molar-refractivity contribution in [3.05, 3.63) is 65.6 Å². The number of hydrogen-bond acceptors (Lipinski definition) is 5. The Hall–Kier alpha value is -2.93. The van der Waals surface area contributed by atoms with Crippen LogP contribution in [-0.4, -0.2) is 58.6 Å². The van der Waals surface area contributed by atoms with Gasteiger partial charge in [-0.25, -0.2) is 0 Å². The summed E-state index contributed by atoms with van der Waals surface area (Å²) in [7, 11) is 1.72. The Balaban J connectivity index is 1.30. The number of nitrogens with zero attached hydrogens (tertiary/aromatic N) is 3. The number of ether oxygens (including phenoxy) is 1. The summed E-state index contributed by atoms with van der Waals surface area (Å²) in [5.74, 6) is -0.436. The van der Waals surface area contributed by atoms with Crippen LogP contribution in [0.1, 0.15) is 16.9 Å². The van der Waals surface area contributed by atoms with E-state index in [1.165, 1.54) is 11.1 Å². The highest BCUT2D eigenvalue weighted by molar-refractivity contribution is 5.93. The van der Waals surface area contributed by atoms with E-state index in [4.69, 9.17) is 9.26 Å².